The fourth-order valence-corrected chi connectivity index (χ4v) is 2.45. The molecule has 0 spiro atoms. The van der Waals surface area contributed by atoms with E-state index in [4.69, 9.17) is 5.11 Å². The molecule has 0 heterocycles. The van der Waals surface area contributed by atoms with E-state index in [2.05, 4.69) is 17.4 Å². The fourth-order valence-electron chi connectivity index (χ4n) is 2.45. The number of carbonyl (C=O) groups is 1. The number of aryl methyl sites for hydroxylation is 2. The van der Waals surface area contributed by atoms with E-state index >= 15 is 0 Å². The molecule has 0 saturated heterocycles. The largest absolute Gasteiger partial charge is 0.396 e. The minimum Gasteiger partial charge on any atom is -0.396 e. The minimum atomic E-state index is -0.0652. The predicted molar refractivity (Wildman–Crippen MR) is 88.9 cm³/mol. The molecule has 22 heavy (non-hydrogen) atoms. The SMILES string of the molecule is CC(CCO)NC(=O)c1ccccc1CCc1ccccc1. The molecule has 1 atom stereocenters. The molecule has 1 amide bonds. The highest BCUT2D eigenvalue weighted by Crippen LogP contribution is 2.13. The number of aliphatic hydroxyl groups is 1. The zero-order valence-corrected chi connectivity index (χ0v) is 13.0. The molecule has 0 aromatic heterocycles. The molecule has 0 aliphatic rings. The number of amides is 1. The Morgan fingerprint density at radius 1 is 1.05 bits per heavy atom. The van der Waals surface area contributed by atoms with Crippen LogP contribution in [0.4, 0.5) is 0 Å². The number of rotatable bonds is 7. The second kappa shape index (κ2) is 8.35. The second-order valence-electron chi connectivity index (χ2n) is 5.53. The lowest BCUT2D eigenvalue weighted by Crippen LogP contribution is -2.33. The maximum absolute atomic E-state index is 12.4. The average molecular weight is 297 g/mol. The van der Waals surface area contributed by atoms with Gasteiger partial charge in [-0.25, -0.2) is 0 Å². The van der Waals surface area contributed by atoms with E-state index in [1.165, 1.54) is 5.56 Å². The molecule has 0 radical (unpaired) electrons. The molecule has 0 saturated carbocycles. The van der Waals surface area contributed by atoms with Crippen molar-refractivity contribution in [2.45, 2.75) is 32.2 Å². The summed E-state index contributed by atoms with van der Waals surface area (Å²) in [5.74, 6) is -0.0652. The smallest absolute Gasteiger partial charge is 0.251 e. The zero-order valence-electron chi connectivity index (χ0n) is 13.0. The molecule has 116 valence electrons. The van der Waals surface area contributed by atoms with Gasteiger partial charge in [-0.2, -0.15) is 0 Å². The van der Waals surface area contributed by atoms with Crippen molar-refractivity contribution in [1.82, 2.24) is 5.32 Å². The summed E-state index contributed by atoms with van der Waals surface area (Å²) in [5, 5.41) is 11.9. The summed E-state index contributed by atoms with van der Waals surface area (Å²) in [5.41, 5.74) is 3.05. The lowest BCUT2D eigenvalue weighted by Gasteiger charge is -2.14. The molecular formula is C19H23NO2. The van der Waals surface area contributed by atoms with E-state index in [-0.39, 0.29) is 18.6 Å². The normalized spacial score (nSPS) is 11.9. The van der Waals surface area contributed by atoms with Crippen molar-refractivity contribution in [1.29, 1.82) is 0 Å². The van der Waals surface area contributed by atoms with E-state index in [1.54, 1.807) is 0 Å². The van der Waals surface area contributed by atoms with Gasteiger partial charge >= 0.3 is 0 Å². The van der Waals surface area contributed by atoms with Gasteiger partial charge in [-0.05, 0) is 43.4 Å². The predicted octanol–water partition coefficient (Wildman–Crippen LogP) is 2.97. The number of hydrogen-bond acceptors (Lipinski definition) is 2. The van der Waals surface area contributed by atoms with Crippen LogP contribution in [0.2, 0.25) is 0 Å². The summed E-state index contributed by atoms with van der Waals surface area (Å²) in [6.45, 7) is 1.98. The van der Waals surface area contributed by atoms with Gasteiger partial charge in [0.05, 0.1) is 0 Å². The highest BCUT2D eigenvalue weighted by molar-refractivity contribution is 5.95. The van der Waals surface area contributed by atoms with Gasteiger partial charge in [-0.1, -0.05) is 48.5 Å². The maximum atomic E-state index is 12.4. The maximum Gasteiger partial charge on any atom is 0.251 e. The number of carbonyl (C=O) groups excluding carboxylic acids is 1. The Morgan fingerprint density at radius 3 is 2.45 bits per heavy atom. The molecule has 3 nitrogen and oxygen atoms in total. The summed E-state index contributed by atoms with van der Waals surface area (Å²) >= 11 is 0. The number of hydrogen-bond donors (Lipinski definition) is 2. The third-order valence-electron chi connectivity index (χ3n) is 3.73. The Hall–Kier alpha value is -2.13. The quantitative estimate of drug-likeness (QED) is 0.825. The minimum absolute atomic E-state index is 0.0281. The van der Waals surface area contributed by atoms with Crippen LogP contribution in [0.1, 0.15) is 34.8 Å². The summed E-state index contributed by atoms with van der Waals surface area (Å²) in [6, 6.07) is 18.0. The van der Waals surface area contributed by atoms with Gasteiger partial charge in [0.2, 0.25) is 0 Å². The van der Waals surface area contributed by atoms with Crippen LogP contribution in [0.15, 0.2) is 54.6 Å². The average Bonchev–Trinajstić information content (AvgIpc) is 2.54. The summed E-state index contributed by atoms with van der Waals surface area (Å²) in [6.07, 6.45) is 2.32. The van der Waals surface area contributed by atoms with Crippen molar-refractivity contribution < 1.29 is 9.90 Å². The fraction of sp³-hybridized carbons (Fsp3) is 0.316. The van der Waals surface area contributed by atoms with Crippen LogP contribution in [0.3, 0.4) is 0 Å². The molecular weight excluding hydrogens is 274 g/mol. The third kappa shape index (κ3) is 4.71. The van der Waals surface area contributed by atoms with Crippen LogP contribution in [0.25, 0.3) is 0 Å². The van der Waals surface area contributed by atoms with Crippen molar-refractivity contribution in [3.8, 4) is 0 Å². The van der Waals surface area contributed by atoms with Crippen molar-refractivity contribution in [3.63, 3.8) is 0 Å². The molecule has 3 heteroatoms. The molecule has 1 unspecified atom stereocenters. The second-order valence-corrected chi connectivity index (χ2v) is 5.53. The van der Waals surface area contributed by atoms with Gasteiger partial charge in [0.1, 0.15) is 0 Å². The lowest BCUT2D eigenvalue weighted by atomic mass is 9.99. The summed E-state index contributed by atoms with van der Waals surface area (Å²) in [7, 11) is 0. The number of aliphatic hydroxyl groups excluding tert-OH is 1. The summed E-state index contributed by atoms with van der Waals surface area (Å²) < 4.78 is 0. The van der Waals surface area contributed by atoms with Crippen LogP contribution in [-0.4, -0.2) is 23.7 Å². The lowest BCUT2D eigenvalue weighted by molar-refractivity contribution is 0.0933. The van der Waals surface area contributed by atoms with E-state index < -0.39 is 0 Å². The van der Waals surface area contributed by atoms with Gasteiger partial charge in [0, 0.05) is 18.2 Å². The Kier molecular flexibility index (Phi) is 6.16. The molecule has 0 fully saturated rings. The summed E-state index contributed by atoms with van der Waals surface area (Å²) in [4.78, 5) is 12.4. The van der Waals surface area contributed by atoms with Gasteiger partial charge in [-0.15, -0.1) is 0 Å². The van der Waals surface area contributed by atoms with Crippen LogP contribution in [-0.2, 0) is 12.8 Å². The van der Waals surface area contributed by atoms with E-state index in [0.717, 1.165) is 24.0 Å². The van der Waals surface area contributed by atoms with Crippen LogP contribution in [0, 0.1) is 0 Å². The van der Waals surface area contributed by atoms with Crippen LogP contribution < -0.4 is 5.32 Å². The highest BCUT2D eigenvalue weighted by Gasteiger charge is 2.13. The van der Waals surface area contributed by atoms with E-state index in [1.807, 2.05) is 49.4 Å². The third-order valence-corrected chi connectivity index (χ3v) is 3.73. The Morgan fingerprint density at radius 2 is 1.73 bits per heavy atom. The van der Waals surface area contributed by atoms with E-state index in [0.29, 0.717) is 6.42 Å². The Balaban J connectivity index is 2.04. The molecule has 0 aliphatic carbocycles. The molecule has 0 aliphatic heterocycles. The van der Waals surface area contributed by atoms with Crippen molar-refractivity contribution in [2.24, 2.45) is 0 Å². The van der Waals surface area contributed by atoms with Gasteiger partial charge in [-0.3, -0.25) is 4.79 Å². The standard InChI is InChI=1S/C19H23NO2/c1-15(13-14-21)20-19(22)18-10-6-5-9-17(18)12-11-16-7-3-2-4-8-16/h2-10,15,21H,11-14H2,1H3,(H,20,22). The van der Waals surface area contributed by atoms with Crippen molar-refractivity contribution in [3.05, 3.63) is 71.3 Å². The van der Waals surface area contributed by atoms with E-state index in [9.17, 15) is 4.79 Å². The monoisotopic (exact) mass is 297 g/mol. The molecule has 2 aromatic carbocycles. The van der Waals surface area contributed by atoms with Gasteiger partial charge < -0.3 is 10.4 Å². The topological polar surface area (TPSA) is 49.3 Å². The molecule has 0 bridgehead atoms. The molecule has 2 rings (SSSR count). The Bertz CT molecular complexity index is 595. The Labute approximate surface area is 132 Å². The van der Waals surface area contributed by atoms with Crippen LogP contribution in [0.5, 0.6) is 0 Å². The van der Waals surface area contributed by atoms with Crippen LogP contribution >= 0.6 is 0 Å². The molecule has 2 N–H and O–H groups in total. The first-order chi connectivity index (χ1) is 10.7. The number of benzene rings is 2. The van der Waals surface area contributed by atoms with Crippen molar-refractivity contribution >= 4 is 5.91 Å². The van der Waals surface area contributed by atoms with Gasteiger partial charge in [0.25, 0.3) is 5.91 Å². The van der Waals surface area contributed by atoms with Gasteiger partial charge in [0.15, 0.2) is 0 Å². The first-order valence-corrected chi connectivity index (χ1v) is 7.74. The zero-order chi connectivity index (χ0) is 15.8. The van der Waals surface area contributed by atoms with Crippen molar-refractivity contribution in [2.75, 3.05) is 6.61 Å². The number of nitrogens with one attached hydrogen (secondary N) is 1. The first-order valence-electron chi connectivity index (χ1n) is 7.74. The molecule has 2 aromatic rings. The first kappa shape index (κ1) is 16.2. The highest BCUT2D eigenvalue weighted by atomic mass is 16.3.